The fourth-order valence-electron chi connectivity index (χ4n) is 3.26. The van der Waals surface area contributed by atoms with E-state index >= 15 is 0 Å². The fraction of sp³-hybridized carbons (Fsp3) is 0.381. The summed E-state index contributed by atoms with van der Waals surface area (Å²) in [6.45, 7) is 4.43. The molecule has 0 amide bonds. The summed E-state index contributed by atoms with van der Waals surface area (Å²) in [5.74, 6) is 0.523. The quantitative estimate of drug-likeness (QED) is 0.383. The monoisotopic (exact) mass is 399 g/mol. The van der Waals surface area contributed by atoms with Gasteiger partial charge in [0, 0.05) is 50.5 Å². The molecule has 2 aromatic rings. The van der Waals surface area contributed by atoms with Gasteiger partial charge in [0.1, 0.15) is 12.4 Å². The Morgan fingerprint density at radius 3 is 2.28 bits per heavy atom. The molecule has 1 aliphatic heterocycles. The van der Waals surface area contributed by atoms with Crippen LogP contribution in [0.25, 0.3) is 0 Å². The molecule has 0 spiro atoms. The van der Waals surface area contributed by atoms with Crippen molar-refractivity contribution >= 4 is 17.3 Å². The van der Waals surface area contributed by atoms with Crippen LogP contribution in [0.2, 0.25) is 0 Å². The summed E-state index contributed by atoms with van der Waals surface area (Å²) in [5, 5.41) is 10.8. The molecule has 0 N–H and O–H groups in total. The molecule has 0 radical (unpaired) electrons. The summed E-state index contributed by atoms with van der Waals surface area (Å²) < 4.78 is 10.5. The lowest BCUT2D eigenvalue weighted by atomic mass is 10.1. The molecule has 0 unspecified atom stereocenters. The van der Waals surface area contributed by atoms with E-state index in [9.17, 15) is 14.9 Å². The smallest absolute Gasteiger partial charge is 0.310 e. The zero-order valence-corrected chi connectivity index (χ0v) is 16.5. The van der Waals surface area contributed by atoms with Crippen molar-refractivity contribution in [2.75, 3.05) is 51.3 Å². The summed E-state index contributed by atoms with van der Waals surface area (Å²) in [6.07, 6.45) is 0.248. The third-order valence-electron chi connectivity index (χ3n) is 4.98. The van der Waals surface area contributed by atoms with Crippen molar-refractivity contribution in [2.24, 2.45) is 0 Å². The number of piperazine rings is 1. The van der Waals surface area contributed by atoms with E-state index in [0.717, 1.165) is 43.2 Å². The Morgan fingerprint density at radius 2 is 1.69 bits per heavy atom. The molecule has 3 rings (SSSR count). The van der Waals surface area contributed by atoms with Gasteiger partial charge in [-0.05, 0) is 29.8 Å². The van der Waals surface area contributed by atoms with Gasteiger partial charge in [0.05, 0.1) is 18.5 Å². The maximum atomic E-state index is 12.0. The Hall–Kier alpha value is -3.13. The molecule has 0 aliphatic carbocycles. The minimum Gasteiger partial charge on any atom is -0.497 e. The van der Waals surface area contributed by atoms with Crippen LogP contribution in [0.5, 0.6) is 5.75 Å². The maximum Gasteiger partial charge on any atom is 0.310 e. The van der Waals surface area contributed by atoms with Gasteiger partial charge in [-0.1, -0.05) is 12.1 Å². The van der Waals surface area contributed by atoms with Gasteiger partial charge < -0.3 is 14.4 Å². The lowest BCUT2D eigenvalue weighted by Gasteiger charge is -2.35. The van der Waals surface area contributed by atoms with E-state index in [1.54, 1.807) is 19.2 Å². The van der Waals surface area contributed by atoms with E-state index < -0.39 is 4.92 Å². The van der Waals surface area contributed by atoms with Gasteiger partial charge >= 0.3 is 5.97 Å². The molecule has 0 bridgehead atoms. The second-order valence-corrected chi connectivity index (χ2v) is 6.85. The summed E-state index contributed by atoms with van der Waals surface area (Å²) in [4.78, 5) is 26.8. The first kappa shape index (κ1) is 20.6. The van der Waals surface area contributed by atoms with E-state index in [1.165, 1.54) is 12.1 Å². The number of nitro benzene ring substituents is 1. The average Bonchev–Trinajstić information content (AvgIpc) is 2.75. The Labute approximate surface area is 169 Å². The van der Waals surface area contributed by atoms with Gasteiger partial charge in [0.2, 0.25) is 0 Å². The lowest BCUT2D eigenvalue weighted by molar-refractivity contribution is -0.384. The highest BCUT2D eigenvalue weighted by atomic mass is 16.6. The third-order valence-corrected chi connectivity index (χ3v) is 4.98. The van der Waals surface area contributed by atoms with Crippen LogP contribution in [0.1, 0.15) is 5.56 Å². The largest absolute Gasteiger partial charge is 0.497 e. The minimum absolute atomic E-state index is 0.101. The molecule has 0 saturated carbocycles. The molecule has 8 heteroatoms. The minimum atomic E-state index is -0.391. The number of ether oxygens (including phenoxy) is 2. The van der Waals surface area contributed by atoms with Crippen molar-refractivity contribution in [3.8, 4) is 5.75 Å². The van der Waals surface area contributed by atoms with Crippen LogP contribution < -0.4 is 9.64 Å². The van der Waals surface area contributed by atoms with Crippen molar-refractivity contribution in [3.63, 3.8) is 0 Å². The number of hydrogen-bond donors (Lipinski definition) is 0. The summed E-state index contributed by atoms with van der Waals surface area (Å²) in [6, 6.07) is 14.0. The fourth-order valence-corrected chi connectivity index (χ4v) is 3.26. The number of non-ortho nitro benzene ring substituents is 1. The van der Waals surface area contributed by atoms with Gasteiger partial charge in [-0.15, -0.1) is 0 Å². The second kappa shape index (κ2) is 9.88. The number of carbonyl (C=O) groups excluding carboxylic acids is 1. The molecule has 1 saturated heterocycles. The second-order valence-electron chi connectivity index (χ2n) is 6.85. The highest BCUT2D eigenvalue weighted by Gasteiger charge is 2.18. The highest BCUT2D eigenvalue weighted by Crippen LogP contribution is 2.20. The Kier molecular flexibility index (Phi) is 7.02. The number of anilines is 1. The van der Waals surface area contributed by atoms with Crippen molar-refractivity contribution in [3.05, 3.63) is 64.2 Å². The molecule has 154 valence electrons. The molecule has 29 heavy (non-hydrogen) atoms. The molecule has 1 heterocycles. The summed E-state index contributed by atoms with van der Waals surface area (Å²) >= 11 is 0. The van der Waals surface area contributed by atoms with Crippen LogP contribution in [0.15, 0.2) is 48.5 Å². The standard InChI is InChI=1S/C21H25N3O5/c1-28-20-8-2-17(3-9-20)16-21(25)29-15-14-22-10-12-23(13-11-22)18-4-6-19(7-5-18)24(26)27/h2-9H,10-16H2,1H3. The number of hydrogen-bond acceptors (Lipinski definition) is 7. The Bertz CT molecular complexity index is 815. The SMILES string of the molecule is COc1ccc(CC(=O)OCCN2CCN(c3ccc([N+](=O)[O-])cc3)CC2)cc1. The normalized spacial score (nSPS) is 14.4. The number of carbonyl (C=O) groups is 1. The van der Waals surface area contributed by atoms with Gasteiger partial charge in [-0.3, -0.25) is 19.8 Å². The summed E-state index contributed by atoms with van der Waals surface area (Å²) in [5.41, 5.74) is 1.98. The van der Waals surface area contributed by atoms with E-state index in [0.29, 0.717) is 13.2 Å². The topological polar surface area (TPSA) is 85.2 Å². The van der Waals surface area contributed by atoms with Crippen LogP contribution in [-0.2, 0) is 16.0 Å². The maximum absolute atomic E-state index is 12.0. The predicted molar refractivity (Wildman–Crippen MR) is 109 cm³/mol. The van der Waals surface area contributed by atoms with Crippen LogP contribution in [0, 0.1) is 10.1 Å². The third kappa shape index (κ3) is 5.92. The molecule has 8 nitrogen and oxygen atoms in total. The number of nitrogens with zero attached hydrogens (tertiary/aromatic N) is 3. The van der Waals surface area contributed by atoms with Crippen LogP contribution in [0.3, 0.4) is 0 Å². The molecule has 0 aromatic heterocycles. The average molecular weight is 399 g/mol. The molecule has 1 fully saturated rings. The zero-order chi connectivity index (χ0) is 20.6. The van der Waals surface area contributed by atoms with E-state index in [1.807, 2.05) is 24.3 Å². The Morgan fingerprint density at radius 1 is 1.03 bits per heavy atom. The van der Waals surface area contributed by atoms with Crippen LogP contribution in [-0.4, -0.2) is 62.2 Å². The molecule has 2 aromatic carbocycles. The predicted octanol–water partition coefficient (Wildman–Crippen LogP) is 2.51. The first-order valence-electron chi connectivity index (χ1n) is 9.55. The highest BCUT2D eigenvalue weighted by molar-refractivity contribution is 5.72. The van der Waals surface area contributed by atoms with Crippen molar-refractivity contribution in [2.45, 2.75) is 6.42 Å². The number of benzene rings is 2. The molecular weight excluding hydrogens is 374 g/mol. The molecule has 0 atom stereocenters. The zero-order valence-electron chi connectivity index (χ0n) is 16.5. The van der Waals surface area contributed by atoms with Crippen molar-refractivity contribution < 1.29 is 19.2 Å². The van der Waals surface area contributed by atoms with Crippen LogP contribution >= 0.6 is 0 Å². The number of methoxy groups -OCH3 is 1. The van der Waals surface area contributed by atoms with Crippen molar-refractivity contribution in [1.82, 2.24) is 4.90 Å². The van der Waals surface area contributed by atoms with E-state index in [4.69, 9.17) is 9.47 Å². The van der Waals surface area contributed by atoms with Crippen molar-refractivity contribution in [1.29, 1.82) is 0 Å². The number of nitro groups is 1. The van der Waals surface area contributed by atoms with Gasteiger partial charge in [-0.2, -0.15) is 0 Å². The number of esters is 1. The Balaban J connectivity index is 1.36. The first-order chi connectivity index (χ1) is 14.0. The van der Waals surface area contributed by atoms with E-state index in [-0.39, 0.29) is 18.1 Å². The molecule has 1 aliphatic rings. The lowest BCUT2D eigenvalue weighted by Crippen LogP contribution is -2.47. The van der Waals surface area contributed by atoms with Gasteiger partial charge in [-0.25, -0.2) is 0 Å². The van der Waals surface area contributed by atoms with E-state index in [2.05, 4.69) is 9.80 Å². The van der Waals surface area contributed by atoms with Gasteiger partial charge in [0.15, 0.2) is 0 Å². The first-order valence-corrected chi connectivity index (χ1v) is 9.55. The van der Waals surface area contributed by atoms with Gasteiger partial charge in [0.25, 0.3) is 5.69 Å². The van der Waals surface area contributed by atoms with Crippen LogP contribution in [0.4, 0.5) is 11.4 Å². The molecular formula is C21H25N3O5. The number of rotatable bonds is 8. The summed E-state index contributed by atoms with van der Waals surface area (Å²) in [7, 11) is 1.61.